The summed E-state index contributed by atoms with van der Waals surface area (Å²) in [5, 5.41) is 0. The van der Waals surface area contributed by atoms with Gasteiger partial charge in [0.2, 0.25) is 0 Å². The van der Waals surface area contributed by atoms with Gasteiger partial charge in [-0.2, -0.15) is 0 Å². The standard InChI is InChI=1S/C15H21NO3S/c1-4-12-10(3)9-13(20-12)14(17)16-8-6-7-11(16)15(18)19-5-2/h9,11H,4-8H2,1-3H3. The van der Waals surface area contributed by atoms with Crippen LogP contribution in [0.1, 0.15) is 46.8 Å². The van der Waals surface area contributed by atoms with E-state index in [0.717, 1.165) is 23.3 Å². The maximum Gasteiger partial charge on any atom is 0.328 e. The smallest absolute Gasteiger partial charge is 0.328 e. The van der Waals surface area contributed by atoms with E-state index >= 15 is 0 Å². The average Bonchev–Trinajstić information content (AvgIpc) is 3.04. The van der Waals surface area contributed by atoms with Gasteiger partial charge >= 0.3 is 5.97 Å². The molecule has 1 atom stereocenters. The number of likely N-dealkylation sites (tertiary alicyclic amines) is 1. The number of hydrogen-bond acceptors (Lipinski definition) is 4. The molecule has 1 aromatic heterocycles. The van der Waals surface area contributed by atoms with Crippen molar-refractivity contribution in [3.8, 4) is 0 Å². The number of esters is 1. The number of amides is 1. The van der Waals surface area contributed by atoms with Crippen molar-refractivity contribution in [2.45, 2.75) is 46.1 Å². The maximum absolute atomic E-state index is 12.6. The number of hydrogen-bond donors (Lipinski definition) is 0. The highest BCUT2D eigenvalue weighted by Gasteiger charge is 2.36. The molecular weight excluding hydrogens is 274 g/mol. The Bertz CT molecular complexity index is 509. The summed E-state index contributed by atoms with van der Waals surface area (Å²) in [6.45, 7) is 6.90. The Morgan fingerprint density at radius 2 is 2.20 bits per heavy atom. The molecule has 1 aromatic rings. The molecule has 1 aliphatic heterocycles. The molecule has 2 rings (SSSR count). The van der Waals surface area contributed by atoms with E-state index in [2.05, 4.69) is 6.92 Å². The number of nitrogens with zero attached hydrogens (tertiary/aromatic N) is 1. The van der Waals surface area contributed by atoms with Gasteiger partial charge in [0.1, 0.15) is 6.04 Å². The third-order valence-corrected chi connectivity index (χ3v) is 4.99. The average molecular weight is 295 g/mol. The summed E-state index contributed by atoms with van der Waals surface area (Å²) in [7, 11) is 0. The molecule has 1 aliphatic rings. The van der Waals surface area contributed by atoms with Gasteiger partial charge in [0, 0.05) is 11.4 Å². The molecule has 110 valence electrons. The number of rotatable bonds is 4. The molecule has 0 spiro atoms. The highest BCUT2D eigenvalue weighted by molar-refractivity contribution is 7.14. The molecule has 0 aromatic carbocycles. The lowest BCUT2D eigenvalue weighted by Crippen LogP contribution is -2.41. The van der Waals surface area contributed by atoms with Crippen molar-refractivity contribution in [1.82, 2.24) is 4.90 Å². The monoisotopic (exact) mass is 295 g/mol. The molecule has 5 heteroatoms. The molecule has 1 amide bonds. The van der Waals surface area contributed by atoms with Crippen molar-refractivity contribution in [2.75, 3.05) is 13.2 Å². The third kappa shape index (κ3) is 2.87. The van der Waals surface area contributed by atoms with E-state index in [1.807, 2.05) is 13.0 Å². The number of carbonyl (C=O) groups is 2. The summed E-state index contributed by atoms with van der Waals surface area (Å²) in [5.41, 5.74) is 1.16. The molecule has 1 unspecified atom stereocenters. The fraction of sp³-hybridized carbons (Fsp3) is 0.600. The largest absolute Gasteiger partial charge is 0.464 e. The Kier molecular flexibility index (Phi) is 4.81. The zero-order valence-electron chi connectivity index (χ0n) is 12.3. The van der Waals surface area contributed by atoms with Crippen LogP contribution >= 0.6 is 11.3 Å². The van der Waals surface area contributed by atoms with Crippen LogP contribution in [0.3, 0.4) is 0 Å². The molecule has 2 heterocycles. The molecular formula is C15H21NO3S. The highest BCUT2D eigenvalue weighted by Crippen LogP contribution is 2.27. The van der Waals surface area contributed by atoms with Crippen molar-refractivity contribution in [2.24, 2.45) is 0 Å². The second-order valence-electron chi connectivity index (χ2n) is 4.98. The summed E-state index contributed by atoms with van der Waals surface area (Å²) >= 11 is 1.54. The van der Waals surface area contributed by atoms with Gasteiger partial charge in [-0.05, 0) is 44.7 Å². The van der Waals surface area contributed by atoms with Gasteiger partial charge in [-0.1, -0.05) is 6.92 Å². The first-order valence-corrected chi connectivity index (χ1v) is 7.97. The molecule has 1 saturated heterocycles. The van der Waals surface area contributed by atoms with Crippen LogP contribution in [-0.4, -0.2) is 36.0 Å². The minimum Gasteiger partial charge on any atom is -0.464 e. The van der Waals surface area contributed by atoms with Crippen molar-refractivity contribution in [3.63, 3.8) is 0 Å². The van der Waals surface area contributed by atoms with E-state index in [0.29, 0.717) is 19.6 Å². The first-order valence-electron chi connectivity index (χ1n) is 7.15. The van der Waals surface area contributed by atoms with Gasteiger partial charge in [-0.3, -0.25) is 4.79 Å². The third-order valence-electron chi connectivity index (χ3n) is 3.62. The van der Waals surface area contributed by atoms with E-state index in [4.69, 9.17) is 4.74 Å². The lowest BCUT2D eigenvalue weighted by Gasteiger charge is -2.22. The summed E-state index contributed by atoms with van der Waals surface area (Å²) in [5.74, 6) is -0.310. The van der Waals surface area contributed by atoms with Gasteiger partial charge in [0.15, 0.2) is 0 Å². The SMILES string of the molecule is CCOC(=O)C1CCCN1C(=O)c1cc(C)c(CC)s1. The molecule has 0 aliphatic carbocycles. The Balaban J connectivity index is 2.16. The Morgan fingerprint density at radius 3 is 2.80 bits per heavy atom. The summed E-state index contributed by atoms with van der Waals surface area (Å²) < 4.78 is 5.06. The van der Waals surface area contributed by atoms with Crippen molar-refractivity contribution < 1.29 is 14.3 Å². The fourth-order valence-electron chi connectivity index (χ4n) is 2.61. The normalized spacial score (nSPS) is 18.4. The van der Waals surface area contributed by atoms with Crippen LogP contribution in [0.5, 0.6) is 0 Å². The topological polar surface area (TPSA) is 46.6 Å². The van der Waals surface area contributed by atoms with Crippen LogP contribution in [0, 0.1) is 6.92 Å². The maximum atomic E-state index is 12.6. The number of aryl methyl sites for hydroxylation is 2. The summed E-state index contributed by atoms with van der Waals surface area (Å²) in [6.07, 6.45) is 2.50. The molecule has 1 fully saturated rings. The molecule has 0 radical (unpaired) electrons. The van der Waals surface area contributed by atoms with E-state index in [1.165, 1.54) is 16.2 Å². The predicted molar refractivity (Wildman–Crippen MR) is 79.1 cm³/mol. The Hall–Kier alpha value is -1.36. The molecule has 20 heavy (non-hydrogen) atoms. The number of carbonyl (C=O) groups excluding carboxylic acids is 2. The lowest BCUT2D eigenvalue weighted by atomic mass is 10.2. The molecule has 0 N–H and O–H groups in total. The van der Waals surface area contributed by atoms with Crippen LogP contribution in [0.15, 0.2) is 6.07 Å². The Morgan fingerprint density at radius 1 is 1.45 bits per heavy atom. The minimum atomic E-state index is -0.407. The number of thiophene rings is 1. The first kappa shape index (κ1) is 15.0. The van der Waals surface area contributed by atoms with Gasteiger partial charge in [0.25, 0.3) is 5.91 Å². The zero-order chi connectivity index (χ0) is 14.7. The van der Waals surface area contributed by atoms with Gasteiger partial charge in [0.05, 0.1) is 11.5 Å². The lowest BCUT2D eigenvalue weighted by molar-refractivity contribution is -0.147. The fourth-order valence-corrected chi connectivity index (χ4v) is 3.68. The van der Waals surface area contributed by atoms with E-state index < -0.39 is 6.04 Å². The van der Waals surface area contributed by atoms with Gasteiger partial charge < -0.3 is 9.64 Å². The summed E-state index contributed by atoms with van der Waals surface area (Å²) in [4.78, 5) is 28.1. The second kappa shape index (κ2) is 6.39. The second-order valence-corrected chi connectivity index (χ2v) is 6.12. The molecule has 4 nitrogen and oxygen atoms in total. The Labute approximate surface area is 123 Å². The van der Waals surface area contributed by atoms with E-state index in [-0.39, 0.29) is 11.9 Å². The van der Waals surface area contributed by atoms with Crippen molar-refractivity contribution >= 4 is 23.2 Å². The predicted octanol–water partition coefficient (Wildman–Crippen LogP) is 2.79. The van der Waals surface area contributed by atoms with Gasteiger partial charge in [-0.15, -0.1) is 11.3 Å². The van der Waals surface area contributed by atoms with E-state index in [9.17, 15) is 9.59 Å². The highest BCUT2D eigenvalue weighted by atomic mass is 32.1. The minimum absolute atomic E-state index is 0.0339. The molecule has 0 saturated carbocycles. The van der Waals surface area contributed by atoms with Crippen LogP contribution in [-0.2, 0) is 16.0 Å². The van der Waals surface area contributed by atoms with Crippen LogP contribution in [0.4, 0.5) is 0 Å². The molecule has 0 bridgehead atoms. The van der Waals surface area contributed by atoms with Gasteiger partial charge in [-0.25, -0.2) is 4.79 Å². The van der Waals surface area contributed by atoms with E-state index in [1.54, 1.807) is 11.8 Å². The van der Waals surface area contributed by atoms with Crippen LogP contribution in [0.25, 0.3) is 0 Å². The van der Waals surface area contributed by atoms with Crippen molar-refractivity contribution in [3.05, 3.63) is 21.4 Å². The summed E-state index contributed by atoms with van der Waals surface area (Å²) in [6, 6.07) is 1.53. The van der Waals surface area contributed by atoms with Crippen molar-refractivity contribution in [1.29, 1.82) is 0 Å². The number of ether oxygens (including phenoxy) is 1. The van der Waals surface area contributed by atoms with Crippen LogP contribution < -0.4 is 0 Å². The quantitative estimate of drug-likeness (QED) is 0.802. The zero-order valence-corrected chi connectivity index (χ0v) is 13.1. The van der Waals surface area contributed by atoms with Crippen LogP contribution in [0.2, 0.25) is 0 Å². The first-order chi connectivity index (χ1) is 9.58.